The van der Waals surface area contributed by atoms with Crippen LogP contribution >= 0.6 is 35.4 Å². The van der Waals surface area contributed by atoms with Gasteiger partial charge in [-0.1, -0.05) is 29.3 Å². The number of nitrogens with one attached hydrogen (secondary N) is 3. The molecule has 10 heteroatoms. The molecule has 0 spiro atoms. The third kappa shape index (κ3) is 5.73. The molecular formula is C23H17Cl2N3O4S. The van der Waals surface area contributed by atoms with Crippen LogP contribution in [0.25, 0.3) is 0 Å². The third-order valence-electron chi connectivity index (χ3n) is 4.59. The summed E-state index contributed by atoms with van der Waals surface area (Å²) in [6.07, 6.45) is 0. The Morgan fingerprint density at radius 2 is 1.55 bits per heavy atom. The molecule has 0 unspecified atom stereocenters. The average Bonchev–Trinajstić information content (AvgIpc) is 2.78. The van der Waals surface area contributed by atoms with Crippen molar-refractivity contribution in [2.24, 2.45) is 0 Å². The van der Waals surface area contributed by atoms with Crippen molar-refractivity contribution in [3.8, 4) is 11.5 Å². The van der Waals surface area contributed by atoms with Crippen molar-refractivity contribution in [2.45, 2.75) is 0 Å². The van der Waals surface area contributed by atoms with Crippen LogP contribution in [0.15, 0.2) is 60.7 Å². The fourth-order valence-electron chi connectivity index (χ4n) is 3.07. The Labute approximate surface area is 205 Å². The number of anilines is 2. The summed E-state index contributed by atoms with van der Waals surface area (Å²) in [5.41, 5.74) is 1.75. The topological polar surface area (TPSA) is 88.7 Å². The predicted molar refractivity (Wildman–Crippen MR) is 132 cm³/mol. The Balaban J connectivity index is 1.38. The molecule has 0 saturated heterocycles. The monoisotopic (exact) mass is 501 g/mol. The van der Waals surface area contributed by atoms with Crippen LogP contribution in [0.1, 0.15) is 20.7 Å². The Hall–Kier alpha value is -3.33. The number of ether oxygens (including phenoxy) is 2. The summed E-state index contributed by atoms with van der Waals surface area (Å²) in [5.74, 6) is 0.323. The molecular weight excluding hydrogens is 485 g/mol. The van der Waals surface area contributed by atoms with E-state index in [-0.39, 0.29) is 16.0 Å². The first-order valence-corrected chi connectivity index (χ1v) is 10.9. The van der Waals surface area contributed by atoms with E-state index in [0.29, 0.717) is 52.2 Å². The highest BCUT2D eigenvalue weighted by atomic mass is 35.5. The minimum Gasteiger partial charge on any atom is -0.486 e. The molecule has 33 heavy (non-hydrogen) atoms. The number of halogens is 2. The van der Waals surface area contributed by atoms with Gasteiger partial charge < -0.3 is 20.1 Å². The molecule has 2 amide bonds. The second kappa shape index (κ2) is 10.1. The van der Waals surface area contributed by atoms with Crippen molar-refractivity contribution in [3.63, 3.8) is 0 Å². The lowest BCUT2D eigenvalue weighted by atomic mass is 10.2. The maximum absolute atomic E-state index is 12.5. The number of carbonyl (C=O) groups excluding carboxylic acids is 2. The zero-order valence-corrected chi connectivity index (χ0v) is 19.3. The lowest BCUT2D eigenvalue weighted by Crippen LogP contribution is -2.34. The summed E-state index contributed by atoms with van der Waals surface area (Å²) in [6, 6.07) is 16.4. The molecule has 0 bridgehead atoms. The fraction of sp³-hybridized carbons (Fsp3) is 0.0870. The van der Waals surface area contributed by atoms with Crippen LogP contribution in [0, 0.1) is 0 Å². The molecule has 0 aromatic heterocycles. The van der Waals surface area contributed by atoms with E-state index in [1.165, 1.54) is 6.07 Å². The van der Waals surface area contributed by atoms with Crippen molar-refractivity contribution in [1.29, 1.82) is 0 Å². The predicted octanol–water partition coefficient (Wildman–Crippen LogP) is 5.14. The normalized spacial score (nSPS) is 11.9. The molecule has 0 radical (unpaired) electrons. The maximum atomic E-state index is 12.5. The first-order valence-electron chi connectivity index (χ1n) is 9.77. The van der Waals surface area contributed by atoms with Gasteiger partial charge in [0.15, 0.2) is 16.6 Å². The summed E-state index contributed by atoms with van der Waals surface area (Å²) in [5, 5.41) is 9.09. The van der Waals surface area contributed by atoms with Crippen molar-refractivity contribution >= 4 is 63.7 Å². The lowest BCUT2D eigenvalue weighted by Gasteiger charge is -2.18. The zero-order valence-electron chi connectivity index (χ0n) is 17.0. The van der Waals surface area contributed by atoms with Crippen molar-refractivity contribution in [3.05, 3.63) is 81.8 Å². The number of amides is 2. The van der Waals surface area contributed by atoms with E-state index in [2.05, 4.69) is 16.0 Å². The van der Waals surface area contributed by atoms with Gasteiger partial charge in [-0.05, 0) is 66.8 Å². The van der Waals surface area contributed by atoms with E-state index >= 15 is 0 Å². The number of rotatable bonds is 4. The summed E-state index contributed by atoms with van der Waals surface area (Å²) < 4.78 is 11.0. The van der Waals surface area contributed by atoms with Gasteiger partial charge in [0, 0.05) is 22.0 Å². The minimum absolute atomic E-state index is 0.0964. The van der Waals surface area contributed by atoms with Crippen molar-refractivity contribution in [2.75, 3.05) is 23.8 Å². The van der Waals surface area contributed by atoms with Crippen LogP contribution in [0.2, 0.25) is 10.0 Å². The number of fused-ring (bicyclic) bond motifs is 1. The number of benzene rings is 3. The Morgan fingerprint density at radius 3 is 2.30 bits per heavy atom. The Morgan fingerprint density at radius 1 is 0.818 bits per heavy atom. The zero-order chi connectivity index (χ0) is 23.4. The standard InChI is InChI=1S/C23H17Cl2N3O4S/c24-14-5-6-17(18(25)11-14)22(30)26-15-2-1-3-16(12-15)27-23(33)28-21(29)13-4-7-19-20(10-13)32-9-8-31-19/h1-7,10-12H,8-9H2,(H,26,30)(H2,27,28,29,33). The van der Waals surface area contributed by atoms with Gasteiger partial charge in [0.1, 0.15) is 13.2 Å². The Kier molecular flexibility index (Phi) is 6.98. The van der Waals surface area contributed by atoms with E-state index in [1.54, 1.807) is 54.6 Å². The van der Waals surface area contributed by atoms with Gasteiger partial charge in [-0.2, -0.15) is 0 Å². The van der Waals surface area contributed by atoms with Gasteiger partial charge >= 0.3 is 0 Å². The highest BCUT2D eigenvalue weighted by Gasteiger charge is 2.16. The average molecular weight is 502 g/mol. The van der Waals surface area contributed by atoms with Crippen LogP contribution in [-0.2, 0) is 0 Å². The van der Waals surface area contributed by atoms with Crippen LogP contribution in [0.3, 0.4) is 0 Å². The number of hydrogen-bond donors (Lipinski definition) is 3. The van der Waals surface area contributed by atoms with Gasteiger partial charge in [-0.25, -0.2) is 0 Å². The molecule has 0 saturated carbocycles. The summed E-state index contributed by atoms with van der Waals surface area (Å²) in [6.45, 7) is 0.897. The molecule has 0 atom stereocenters. The molecule has 1 aliphatic heterocycles. The summed E-state index contributed by atoms with van der Waals surface area (Å²) in [7, 11) is 0. The SMILES string of the molecule is O=C(NC(=S)Nc1cccc(NC(=O)c2ccc(Cl)cc2Cl)c1)c1ccc2c(c1)OCCO2. The van der Waals surface area contributed by atoms with E-state index in [9.17, 15) is 9.59 Å². The highest BCUT2D eigenvalue weighted by molar-refractivity contribution is 7.80. The molecule has 7 nitrogen and oxygen atoms in total. The molecule has 3 aromatic carbocycles. The van der Waals surface area contributed by atoms with Gasteiger partial charge in [0.05, 0.1) is 10.6 Å². The fourth-order valence-corrected chi connectivity index (χ4v) is 3.77. The summed E-state index contributed by atoms with van der Waals surface area (Å²) in [4.78, 5) is 25.1. The quantitative estimate of drug-likeness (QED) is 0.428. The Bertz CT molecular complexity index is 1250. The van der Waals surface area contributed by atoms with Gasteiger partial charge in [0.25, 0.3) is 11.8 Å². The number of hydrogen-bond acceptors (Lipinski definition) is 5. The van der Waals surface area contributed by atoms with E-state index in [0.717, 1.165) is 0 Å². The molecule has 3 N–H and O–H groups in total. The van der Waals surface area contributed by atoms with Crippen LogP contribution in [-0.4, -0.2) is 30.1 Å². The third-order valence-corrected chi connectivity index (χ3v) is 5.34. The second-order valence-electron chi connectivity index (χ2n) is 6.93. The molecule has 0 aliphatic carbocycles. The number of thiocarbonyl (C=S) groups is 1. The second-order valence-corrected chi connectivity index (χ2v) is 8.18. The van der Waals surface area contributed by atoms with Crippen molar-refractivity contribution in [1.82, 2.24) is 5.32 Å². The van der Waals surface area contributed by atoms with Crippen LogP contribution in [0.4, 0.5) is 11.4 Å². The summed E-state index contributed by atoms with van der Waals surface area (Å²) >= 11 is 17.2. The maximum Gasteiger partial charge on any atom is 0.257 e. The number of carbonyl (C=O) groups is 2. The molecule has 4 rings (SSSR count). The van der Waals surface area contributed by atoms with E-state index < -0.39 is 5.91 Å². The molecule has 3 aromatic rings. The van der Waals surface area contributed by atoms with E-state index in [1.807, 2.05) is 0 Å². The minimum atomic E-state index is -0.397. The first-order chi connectivity index (χ1) is 15.9. The van der Waals surface area contributed by atoms with Gasteiger partial charge in [0.2, 0.25) is 0 Å². The van der Waals surface area contributed by atoms with Crippen LogP contribution < -0.4 is 25.4 Å². The highest BCUT2D eigenvalue weighted by Crippen LogP contribution is 2.30. The van der Waals surface area contributed by atoms with Gasteiger partial charge in [-0.3, -0.25) is 14.9 Å². The molecule has 168 valence electrons. The van der Waals surface area contributed by atoms with Crippen molar-refractivity contribution < 1.29 is 19.1 Å². The molecule has 0 fully saturated rings. The smallest absolute Gasteiger partial charge is 0.257 e. The van der Waals surface area contributed by atoms with Crippen LogP contribution in [0.5, 0.6) is 11.5 Å². The molecule has 1 aliphatic rings. The largest absolute Gasteiger partial charge is 0.486 e. The first kappa shape index (κ1) is 22.8. The van der Waals surface area contributed by atoms with Gasteiger partial charge in [-0.15, -0.1) is 0 Å². The van der Waals surface area contributed by atoms with E-state index in [4.69, 9.17) is 44.9 Å². The lowest BCUT2D eigenvalue weighted by molar-refractivity contribution is 0.0975. The molecule has 1 heterocycles.